The minimum absolute atomic E-state index is 0.00498. The van der Waals surface area contributed by atoms with Crippen molar-refractivity contribution >= 4 is 86.8 Å². The number of thiazole rings is 2. The number of aromatic amines is 1. The molecule has 2 aliphatic heterocycles. The molecule has 96 heavy (non-hydrogen) atoms. The van der Waals surface area contributed by atoms with Crippen molar-refractivity contribution in [1.82, 2.24) is 61.8 Å². The highest BCUT2D eigenvalue weighted by Gasteiger charge is 2.54. The molecular formula is C55H84N17O21S3+. The third kappa shape index (κ3) is 20.6. The normalized spacial score (nSPS) is 24.0. The summed E-state index contributed by atoms with van der Waals surface area (Å²) in [5.41, 5.74) is 28.1. The van der Waals surface area contributed by atoms with Gasteiger partial charge in [0.25, 0.3) is 11.8 Å². The summed E-state index contributed by atoms with van der Waals surface area (Å²) >= 11 is 2.52. The number of rotatable bonds is 35. The Hall–Kier alpha value is -7.30. The predicted octanol–water partition coefficient (Wildman–Crippen LogP) is -7.70. The maximum absolute atomic E-state index is 15.2. The van der Waals surface area contributed by atoms with Gasteiger partial charge in [-0.15, -0.1) is 22.7 Å². The summed E-state index contributed by atoms with van der Waals surface area (Å²) in [7, 11) is 0.254. The number of carbonyl (C=O) groups excluding carboxylic acids is 8. The molecule has 6 rings (SSSR count). The van der Waals surface area contributed by atoms with Gasteiger partial charge in [-0.3, -0.25) is 33.6 Å². The summed E-state index contributed by atoms with van der Waals surface area (Å²) in [6, 6.07) is -7.85. The summed E-state index contributed by atoms with van der Waals surface area (Å²) in [5, 5.41) is 108. The average molecular weight is 1420 g/mol. The van der Waals surface area contributed by atoms with Crippen molar-refractivity contribution in [2.75, 3.05) is 56.8 Å². The van der Waals surface area contributed by atoms with Crippen LogP contribution in [0.2, 0.25) is 0 Å². The molecule has 2 aliphatic rings. The van der Waals surface area contributed by atoms with E-state index in [1.54, 1.807) is 10.8 Å². The van der Waals surface area contributed by atoms with Crippen molar-refractivity contribution in [3.05, 3.63) is 56.8 Å². The minimum atomic E-state index is -2.20. The van der Waals surface area contributed by atoms with Crippen molar-refractivity contribution in [3.8, 4) is 10.7 Å². The average Bonchev–Trinajstić information content (AvgIpc) is 0.885. The third-order valence-electron chi connectivity index (χ3n) is 15.3. The van der Waals surface area contributed by atoms with Gasteiger partial charge in [0.05, 0.1) is 85.2 Å². The molecule has 4 aromatic rings. The Morgan fingerprint density at radius 3 is 2.09 bits per heavy atom. The standard InChI is InChI=1S/C55H83N17O21S3/c1-20-33(69-46(72-44(20)58)25(12-31(57)76)64-13-24(56)45(59)82)50(86)71-35(41(26-14-61-19-65-26)91-54-43(39(80)37(78)29(15-73)90-54)92-53-40(81)42(93-55(60)88)38(79)30(16-74)89-53)51(87)66-22(3)36(77)21(2)47(83)70-34(23(4)75)49(85)63-10-8-32-67-28(18-94-32)52-68-27(17-95-52)48(84)62-9-7-11-96(5)6/h14,17-19,21-25,29-30,34-43,53-54,64,73-75,77-81H,7-13,15-16,56H2,1-6H3,(H13-,57,58,59,60,61,62,63,65,66,69,70,71,72,76,82,83,84,85,86,87,88)/p+1/t21-,22+,23+,24-,25+,29-,30+,34-,35-,36-,37+,38+,39-,40-,41-,42-,43-,53+,54-/m0/s1. The number of hydrogen-bond acceptors (Lipinski definition) is 31. The number of amides is 8. The maximum atomic E-state index is 15.2. The maximum Gasteiger partial charge on any atom is 0.404 e. The number of nitrogens with one attached hydrogen (secondary N) is 7. The van der Waals surface area contributed by atoms with E-state index in [0.717, 1.165) is 24.7 Å². The molecule has 25 N–H and O–H groups in total. The Morgan fingerprint density at radius 1 is 0.781 bits per heavy atom. The molecule has 41 heteroatoms. The number of aliphatic hydroxyl groups is 8. The Bertz CT molecular complexity index is 3280. The second kappa shape index (κ2) is 35.8. The Labute approximate surface area is 559 Å². The molecule has 0 spiro atoms. The fraction of sp³-hybridized carbons (Fsp3) is 0.618. The molecule has 0 aromatic carbocycles. The van der Waals surface area contributed by atoms with E-state index >= 15 is 4.79 Å². The quantitative estimate of drug-likeness (QED) is 0.0150. The van der Waals surface area contributed by atoms with E-state index in [1.165, 1.54) is 50.4 Å². The first kappa shape index (κ1) is 77.7. The fourth-order valence-corrected chi connectivity index (χ4v) is 12.1. The van der Waals surface area contributed by atoms with E-state index < -0.39 is 183 Å². The van der Waals surface area contributed by atoms with Crippen LogP contribution in [0.15, 0.2) is 23.3 Å². The number of ether oxygens (including phenoxy) is 5. The van der Waals surface area contributed by atoms with Crippen molar-refractivity contribution in [3.63, 3.8) is 0 Å². The van der Waals surface area contributed by atoms with Crippen LogP contribution in [0, 0.1) is 12.8 Å². The van der Waals surface area contributed by atoms with Crippen molar-refractivity contribution in [2.45, 2.75) is 157 Å². The summed E-state index contributed by atoms with van der Waals surface area (Å²) in [5.74, 6) is -7.69. The summed E-state index contributed by atoms with van der Waals surface area (Å²) in [6.45, 7) is 3.18. The number of primary amides is 3. The number of anilines is 1. The third-order valence-corrected chi connectivity index (χ3v) is 18.2. The zero-order valence-electron chi connectivity index (χ0n) is 52.9. The predicted molar refractivity (Wildman–Crippen MR) is 339 cm³/mol. The minimum Gasteiger partial charge on any atom is -0.441 e. The first-order valence-corrected chi connectivity index (χ1v) is 33.8. The fourth-order valence-electron chi connectivity index (χ4n) is 9.80. The number of aromatic nitrogens is 6. The van der Waals surface area contributed by atoms with Gasteiger partial charge < -0.3 is 130 Å². The number of nitrogens with two attached hydrogens (primary N) is 5. The molecule has 19 atom stereocenters. The number of aliphatic hydroxyl groups excluding tert-OH is 8. The lowest BCUT2D eigenvalue weighted by atomic mass is 9.96. The Balaban J connectivity index is 1.26. The lowest BCUT2D eigenvalue weighted by Crippen LogP contribution is -2.65. The number of nitrogens with zero attached hydrogens (tertiary/aromatic N) is 5. The molecule has 532 valence electrons. The highest BCUT2D eigenvalue weighted by Crippen LogP contribution is 2.35. The van der Waals surface area contributed by atoms with E-state index in [4.69, 9.17) is 52.4 Å². The SMILES string of the molecule is Cc1c(N)nc([C@@H](CC(N)=O)NC[C@H](N)C(N)=O)nc1C(=O)N[C@H](C(=O)N[C@H](C)[C@@H](O)[C@H](C)C(=O)N[C@H](C(=O)NCCc1nc(-c2nc(C(=O)NCCC[S+](C)C)cs2)cs1)[C@@H](C)O)[C@@H](O[C@@H]1O[C@@H](CO)[C@@H](O)[C@H](O)[C@@H]1O[C@H]1O[C@H](CO)[C@@H](O)[C@H](OC(N)=O)[C@@H]1O)c1cnc[nH]1. The molecule has 4 aromatic heterocycles. The van der Waals surface area contributed by atoms with Crippen LogP contribution >= 0.6 is 22.7 Å². The van der Waals surface area contributed by atoms with Crippen LogP contribution in [-0.2, 0) is 65.0 Å². The number of carbonyl (C=O) groups is 8. The van der Waals surface area contributed by atoms with Gasteiger partial charge in [-0.1, -0.05) is 6.92 Å². The van der Waals surface area contributed by atoms with Gasteiger partial charge in [0.15, 0.2) is 18.7 Å². The number of imidazole rings is 1. The van der Waals surface area contributed by atoms with E-state index in [1.807, 2.05) is 0 Å². The van der Waals surface area contributed by atoms with Crippen LogP contribution in [0.5, 0.6) is 0 Å². The lowest BCUT2D eigenvalue weighted by molar-refractivity contribution is -0.372. The van der Waals surface area contributed by atoms with Crippen LogP contribution in [0.4, 0.5) is 10.6 Å². The van der Waals surface area contributed by atoms with Crippen LogP contribution < -0.4 is 60.6 Å². The summed E-state index contributed by atoms with van der Waals surface area (Å²) in [6.07, 6.45) is -20.0. The van der Waals surface area contributed by atoms with Crippen LogP contribution in [0.1, 0.15) is 88.8 Å². The second-order valence-electron chi connectivity index (χ2n) is 22.8. The smallest absolute Gasteiger partial charge is 0.404 e. The molecular weight excluding hydrogens is 1330 g/mol. The lowest BCUT2D eigenvalue weighted by Gasteiger charge is -2.47. The molecule has 6 heterocycles. The molecule has 0 saturated carbocycles. The molecule has 8 amide bonds. The molecule has 38 nitrogen and oxygen atoms in total. The van der Waals surface area contributed by atoms with Gasteiger partial charge in [0.1, 0.15) is 100 Å². The van der Waals surface area contributed by atoms with Gasteiger partial charge in [-0.25, -0.2) is 29.7 Å². The summed E-state index contributed by atoms with van der Waals surface area (Å²) in [4.78, 5) is 131. The molecule has 0 aliphatic carbocycles. The summed E-state index contributed by atoms with van der Waals surface area (Å²) < 4.78 is 28.7. The van der Waals surface area contributed by atoms with E-state index in [-0.39, 0.29) is 64.9 Å². The molecule has 0 bridgehead atoms. The number of hydrogen-bond donors (Lipinski definition) is 20. The van der Waals surface area contributed by atoms with E-state index in [2.05, 4.69) is 74.3 Å². The van der Waals surface area contributed by atoms with Crippen molar-refractivity contribution in [2.24, 2.45) is 28.9 Å². The molecule has 2 saturated heterocycles. The molecule has 0 radical (unpaired) electrons. The van der Waals surface area contributed by atoms with Gasteiger partial charge >= 0.3 is 6.09 Å². The van der Waals surface area contributed by atoms with Gasteiger partial charge in [-0.2, -0.15) is 0 Å². The van der Waals surface area contributed by atoms with Crippen molar-refractivity contribution < 1.29 is 103 Å². The highest BCUT2D eigenvalue weighted by atomic mass is 32.2. The van der Waals surface area contributed by atoms with E-state index in [9.17, 15) is 74.4 Å². The Kier molecular flexibility index (Phi) is 29.0. The Morgan fingerprint density at radius 2 is 1.47 bits per heavy atom. The highest BCUT2D eigenvalue weighted by molar-refractivity contribution is 7.95. The molecule has 0 unspecified atom stereocenters. The number of H-pyrrole nitrogens is 1. The number of nitrogen functional groups attached to an aromatic ring is 1. The second-order valence-corrected chi connectivity index (χ2v) is 27.0. The zero-order valence-corrected chi connectivity index (χ0v) is 55.3. The molecule has 2 fully saturated rings. The first-order chi connectivity index (χ1) is 45.3. The van der Waals surface area contributed by atoms with Crippen molar-refractivity contribution in [1.29, 1.82) is 0 Å². The van der Waals surface area contributed by atoms with Crippen LogP contribution in [0.3, 0.4) is 0 Å². The first-order valence-electron chi connectivity index (χ1n) is 29.8. The van der Waals surface area contributed by atoms with Crippen LogP contribution in [-0.4, -0.2) is 267 Å². The monoisotopic (exact) mass is 1410 g/mol. The van der Waals surface area contributed by atoms with Gasteiger partial charge in [0.2, 0.25) is 29.5 Å². The van der Waals surface area contributed by atoms with Gasteiger partial charge in [-0.05, 0) is 31.7 Å². The van der Waals surface area contributed by atoms with E-state index in [0.29, 0.717) is 22.3 Å². The largest absolute Gasteiger partial charge is 0.441 e. The topological polar surface area (TPSA) is 627 Å². The van der Waals surface area contributed by atoms with Crippen LogP contribution in [0.25, 0.3) is 10.7 Å². The van der Waals surface area contributed by atoms with Gasteiger partial charge in [0, 0.05) is 55.2 Å². The zero-order chi connectivity index (χ0) is 71.0.